The summed E-state index contributed by atoms with van der Waals surface area (Å²) in [6, 6.07) is 8.62. The average Bonchev–Trinajstić information content (AvgIpc) is 2.61. The van der Waals surface area contributed by atoms with Gasteiger partial charge < -0.3 is 10.2 Å². The third-order valence-corrected chi connectivity index (χ3v) is 4.00. The van der Waals surface area contributed by atoms with Crippen molar-refractivity contribution in [3.8, 4) is 0 Å². The van der Waals surface area contributed by atoms with Crippen LogP contribution in [0.15, 0.2) is 28.7 Å². The predicted molar refractivity (Wildman–Crippen MR) is 71.8 cm³/mol. The summed E-state index contributed by atoms with van der Waals surface area (Å²) in [5, 5.41) is 3.52. The Kier molecular flexibility index (Phi) is 3.67. The highest BCUT2D eigenvalue weighted by atomic mass is 79.9. The molecular formula is C13H19BrN2. The number of likely N-dealkylation sites (N-methyl/N-ethyl adjacent to an activating group) is 2. The largest absolute Gasteiger partial charge is 0.313 e. The van der Waals surface area contributed by atoms with Gasteiger partial charge in [0.05, 0.1) is 0 Å². The van der Waals surface area contributed by atoms with Gasteiger partial charge in [-0.15, -0.1) is 0 Å². The van der Waals surface area contributed by atoms with Gasteiger partial charge in [0.1, 0.15) is 0 Å². The van der Waals surface area contributed by atoms with Gasteiger partial charge in [-0.25, -0.2) is 0 Å². The van der Waals surface area contributed by atoms with Gasteiger partial charge in [0.15, 0.2) is 0 Å². The van der Waals surface area contributed by atoms with Crippen LogP contribution in [0.4, 0.5) is 0 Å². The van der Waals surface area contributed by atoms with Gasteiger partial charge in [-0.2, -0.15) is 0 Å². The van der Waals surface area contributed by atoms with Crippen molar-refractivity contribution in [3.63, 3.8) is 0 Å². The number of benzene rings is 1. The van der Waals surface area contributed by atoms with Crippen LogP contribution in [0.1, 0.15) is 12.0 Å². The van der Waals surface area contributed by atoms with Crippen LogP contribution < -0.4 is 5.32 Å². The minimum Gasteiger partial charge on any atom is -0.313 e. The maximum atomic E-state index is 3.53. The molecule has 1 aromatic rings. The third-order valence-electron chi connectivity index (χ3n) is 3.51. The molecule has 1 aliphatic rings. The summed E-state index contributed by atoms with van der Waals surface area (Å²) in [7, 11) is 4.27. The van der Waals surface area contributed by atoms with Gasteiger partial charge in [-0.3, -0.25) is 0 Å². The SMILES string of the molecule is CNC1(Cc2cccc(Br)c2)CCN(C)C1. The van der Waals surface area contributed by atoms with Crippen LogP contribution in [0.5, 0.6) is 0 Å². The first-order valence-corrected chi connectivity index (χ1v) is 6.55. The number of likely N-dealkylation sites (tertiary alicyclic amines) is 1. The molecule has 0 bridgehead atoms. The zero-order chi connectivity index (χ0) is 11.6. The lowest BCUT2D eigenvalue weighted by atomic mass is 9.90. The number of nitrogens with one attached hydrogen (secondary N) is 1. The highest BCUT2D eigenvalue weighted by Crippen LogP contribution is 2.25. The molecule has 1 N–H and O–H groups in total. The molecule has 1 atom stereocenters. The number of hydrogen-bond acceptors (Lipinski definition) is 2. The molecule has 16 heavy (non-hydrogen) atoms. The summed E-state index contributed by atoms with van der Waals surface area (Å²) in [6.07, 6.45) is 2.33. The Morgan fingerprint density at radius 3 is 2.88 bits per heavy atom. The van der Waals surface area contributed by atoms with Crippen LogP contribution in [0.2, 0.25) is 0 Å². The second kappa shape index (κ2) is 4.86. The Hall–Kier alpha value is -0.380. The summed E-state index contributed by atoms with van der Waals surface area (Å²) < 4.78 is 1.17. The maximum Gasteiger partial charge on any atom is 0.0358 e. The number of hydrogen-bond donors (Lipinski definition) is 1. The molecular weight excluding hydrogens is 264 g/mol. The van der Waals surface area contributed by atoms with E-state index in [9.17, 15) is 0 Å². The minimum absolute atomic E-state index is 0.259. The Morgan fingerprint density at radius 2 is 2.31 bits per heavy atom. The van der Waals surface area contributed by atoms with E-state index in [0.717, 1.165) is 13.0 Å². The zero-order valence-electron chi connectivity index (χ0n) is 9.96. The lowest BCUT2D eigenvalue weighted by Gasteiger charge is -2.29. The van der Waals surface area contributed by atoms with E-state index in [2.05, 4.69) is 64.5 Å². The molecule has 1 fully saturated rings. The summed E-state index contributed by atoms with van der Waals surface area (Å²) in [4.78, 5) is 2.40. The van der Waals surface area contributed by atoms with Crippen molar-refractivity contribution in [1.82, 2.24) is 10.2 Å². The standard InChI is InChI=1S/C13H19BrN2/c1-15-13(6-7-16(2)10-13)9-11-4-3-5-12(14)8-11/h3-5,8,15H,6-7,9-10H2,1-2H3. The molecule has 0 saturated carbocycles. The summed E-state index contributed by atoms with van der Waals surface area (Å²) in [5.41, 5.74) is 1.66. The monoisotopic (exact) mass is 282 g/mol. The van der Waals surface area contributed by atoms with Crippen molar-refractivity contribution in [1.29, 1.82) is 0 Å². The van der Waals surface area contributed by atoms with Crippen LogP contribution in [-0.2, 0) is 6.42 Å². The first-order chi connectivity index (χ1) is 7.63. The van der Waals surface area contributed by atoms with Crippen LogP contribution in [0.25, 0.3) is 0 Å². The fraction of sp³-hybridized carbons (Fsp3) is 0.538. The molecule has 0 spiro atoms. The molecule has 88 valence electrons. The van der Waals surface area contributed by atoms with E-state index in [1.165, 1.54) is 23.0 Å². The molecule has 1 heterocycles. The fourth-order valence-electron chi connectivity index (χ4n) is 2.55. The molecule has 2 nitrogen and oxygen atoms in total. The quantitative estimate of drug-likeness (QED) is 0.915. The minimum atomic E-state index is 0.259. The van der Waals surface area contributed by atoms with E-state index in [1.807, 2.05) is 0 Å². The molecule has 0 aromatic heterocycles. The van der Waals surface area contributed by atoms with Gasteiger partial charge in [0.2, 0.25) is 0 Å². The van der Waals surface area contributed by atoms with Gasteiger partial charge >= 0.3 is 0 Å². The molecule has 0 radical (unpaired) electrons. The molecule has 1 aliphatic heterocycles. The Labute approximate surface area is 106 Å². The fourth-order valence-corrected chi connectivity index (χ4v) is 3.00. The van der Waals surface area contributed by atoms with Gasteiger partial charge in [-0.1, -0.05) is 28.1 Å². The molecule has 2 rings (SSSR count). The van der Waals surface area contributed by atoms with Crippen LogP contribution in [0, 0.1) is 0 Å². The highest BCUT2D eigenvalue weighted by molar-refractivity contribution is 9.10. The summed E-state index contributed by atoms with van der Waals surface area (Å²) >= 11 is 3.53. The summed E-state index contributed by atoms with van der Waals surface area (Å²) in [6.45, 7) is 2.32. The van der Waals surface area contributed by atoms with Crippen molar-refractivity contribution in [2.24, 2.45) is 0 Å². The highest BCUT2D eigenvalue weighted by Gasteiger charge is 2.34. The topological polar surface area (TPSA) is 15.3 Å². The number of nitrogens with zero attached hydrogens (tertiary/aromatic N) is 1. The van der Waals surface area contributed by atoms with Crippen molar-refractivity contribution >= 4 is 15.9 Å². The zero-order valence-corrected chi connectivity index (χ0v) is 11.5. The first kappa shape index (κ1) is 12.1. The molecule has 1 saturated heterocycles. The average molecular weight is 283 g/mol. The Balaban J connectivity index is 2.13. The van der Waals surface area contributed by atoms with E-state index in [0.29, 0.717) is 0 Å². The first-order valence-electron chi connectivity index (χ1n) is 5.75. The Bertz CT molecular complexity index is 367. The predicted octanol–water partition coefficient (Wildman–Crippen LogP) is 2.29. The molecule has 3 heteroatoms. The molecule has 0 amide bonds. The van der Waals surface area contributed by atoms with Crippen LogP contribution >= 0.6 is 15.9 Å². The lowest BCUT2D eigenvalue weighted by molar-refractivity contribution is 0.326. The molecule has 1 aromatic carbocycles. The van der Waals surface area contributed by atoms with E-state index in [4.69, 9.17) is 0 Å². The number of halogens is 1. The van der Waals surface area contributed by atoms with Crippen LogP contribution in [0.3, 0.4) is 0 Å². The molecule has 1 unspecified atom stereocenters. The summed E-state index contributed by atoms with van der Waals surface area (Å²) in [5.74, 6) is 0. The third kappa shape index (κ3) is 2.65. The van der Waals surface area contributed by atoms with E-state index in [-0.39, 0.29) is 5.54 Å². The Morgan fingerprint density at radius 1 is 1.50 bits per heavy atom. The maximum absolute atomic E-state index is 3.53. The van der Waals surface area contributed by atoms with Crippen molar-refractivity contribution < 1.29 is 0 Å². The lowest BCUT2D eigenvalue weighted by Crippen LogP contribution is -2.47. The van der Waals surface area contributed by atoms with Crippen molar-refractivity contribution in [2.75, 3.05) is 27.2 Å². The van der Waals surface area contributed by atoms with Crippen molar-refractivity contribution in [2.45, 2.75) is 18.4 Å². The van der Waals surface area contributed by atoms with Gasteiger partial charge in [0.25, 0.3) is 0 Å². The normalized spacial score (nSPS) is 26.2. The van der Waals surface area contributed by atoms with Gasteiger partial charge in [0, 0.05) is 16.6 Å². The molecule has 0 aliphatic carbocycles. The van der Waals surface area contributed by atoms with Gasteiger partial charge in [-0.05, 0) is 51.2 Å². The number of rotatable bonds is 3. The van der Waals surface area contributed by atoms with Crippen molar-refractivity contribution in [3.05, 3.63) is 34.3 Å². The second-order valence-corrected chi connectivity index (χ2v) is 5.74. The second-order valence-electron chi connectivity index (χ2n) is 4.82. The van der Waals surface area contributed by atoms with E-state index >= 15 is 0 Å². The smallest absolute Gasteiger partial charge is 0.0358 e. The van der Waals surface area contributed by atoms with E-state index in [1.54, 1.807) is 0 Å². The van der Waals surface area contributed by atoms with Crippen LogP contribution in [-0.4, -0.2) is 37.6 Å². The van der Waals surface area contributed by atoms with E-state index < -0.39 is 0 Å².